The first-order valence-electron chi connectivity index (χ1n) is 8.74. The second-order valence-corrected chi connectivity index (χ2v) is 8.30. The normalized spacial score (nSPS) is 43.0. The maximum absolute atomic E-state index is 12.8. The van der Waals surface area contributed by atoms with E-state index in [9.17, 15) is 4.79 Å². The predicted molar refractivity (Wildman–Crippen MR) is 86.7 cm³/mol. The highest BCUT2D eigenvalue weighted by Gasteiger charge is 2.67. The fourth-order valence-corrected chi connectivity index (χ4v) is 6.01. The van der Waals surface area contributed by atoms with Crippen LogP contribution in [0.2, 0.25) is 0 Å². The van der Waals surface area contributed by atoms with Gasteiger partial charge in [0.05, 0.1) is 10.5 Å². The highest BCUT2D eigenvalue weighted by atomic mass is 32.1. The van der Waals surface area contributed by atoms with Crippen molar-refractivity contribution in [3.8, 4) is 0 Å². The fourth-order valence-electron chi connectivity index (χ4n) is 5.76. The molecule has 0 heterocycles. The summed E-state index contributed by atoms with van der Waals surface area (Å²) in [5, 5.41) is 3.33. The average molecular weight is 306 g/mol. The Morgan fingerprint density at radius 2 is 1.62 bits per heavy atom. The molecule has 21 heavy (non-hydrogen) atoms. The molecule has 4 aliphatic rings. The fraction of sp³-hybridized carbons (Fsp3) is 0.882. The molecule has 4 unspecified atom stereocenters. The van der Waals surface area contributed by atoms with E-state index in [4.69, 9.17) is 18.0 Å². The van der Waals surface area contributed by atoms with Gasteiger partial charge in [-0.25, -0.2) is 0 Å². The van der Waals surface area contributed by atoms with Crippen LogP contribution in [0.25, 0.3) is 0 Å². The molecule has 4 fully saturated rings. The molecule has 0 radical (unpaired) electrons. The first-order valence-corrected chi connectivity index (χ1v) is 9.15. The topological polar surface area (TPSA) is 55.1 Å². The molecule has 4 saturated carbocycles. The van der Waals surface area contributed by atoms with Crippen LogP contribution in [0.15, 0.2) is 0 Å². The van der Waals surface area contributed by atoms with E-state index >= 15 is 0 Å². The smallest absolute Gasteiger partial charge is 0.224 e. The van der Waals surface area contributed by atoms with Crippen molar-refractivity contribution in [2.45, 2.75) is 63.3 Å². The molecule has 3 N–H and O–H groups in total. The summed E-state index contributed by atoms with van der Waals surface area (Å²) in [4.78, 5) is 13.3. The van der Waals surface area contributed by atoms with Crippen molar-refractivity contribution in [1.82, 2.24) is 5.32 Å². The van der Waals surface area contributed by atoms with Gasteiger partial charge < -0.3 is 11.1 Å². The summed E-state index contributed by atoms with van der Waals surface area (Å²) in [5.41, 5.74) is 5.65. The van der Waals surface area contributed by atoms with E-state index in [-0.39, 0.29) is 11.8 Å². The van der Waals surface area contributed by atoms with Crippen LogP contribution in [0.3, 0.4) is 0 Å². The van der Waals surface area contributed by atoms with Crippen LogP contribution < -0.4 is 11.1 Å². The molecule has 3 nitrogen and oxygen atoms in total. The summed E-state index contributed by atoms with van der Waals surface area (Å²) in [6, 6.07) is 0. The number of fused-ring (bicyclic) bond motifs is 5. The summed E-state index contributed by atoms with van der Waals surface area (Å²) in [5.74, 6) is 3.61. The zero-order valence-electron chi connectivity index (χ0n) is 12.6. The first kappa shape index (κ1) is 14.0. The zero-order chi connectivity index (χ0) is 14.6. The highest BCUT2D eigenvalue weighted by Crippen LogP contribution is 2.69. The Morgan fingerprint density at radius 3 is 2.14 bits per heavy atom. The summed E-state index contributed by atoms with van der Waals surface area (Å²) in [6.07, 6.45) is 10.7. The van der Waals surface area contributed by atoms with Crippen LogP contribution in [0.5, 0.6) is 0 Å². The van der Waals surface area contributed by atoms with Gasteiger partial charge in [-0.1, -0.05) is 37.9 Å². The molecule has 4 aliphatic carbocycles. The maximum atomic E-state index is 12.8. The molecule has 4 atom stereocenters. The number of carbonyl (C=O) groups is 1. The van der Waals surface area contributed by atoms with Crippen molar-refractivity contribution < 1.29 is 4.79 Å². The van der Waals surface area contributed by atoms with E-state index in [1.165, 1.54) is 32.1 Å². The Hall–Kier alpha value is -0.640. The SMILES string of the molecule is NC(=S)C1(NC(=O)C2C3C4CCC(C4)C23)CCCCCC1. The zero-order valence-corrected chi connectivity index (χ0v) is 13.5. The van der Waals surface area contributed by atoms with Crippen molar-refractivity contribution in [1.29, 1.82) is 0 Å². The van der Waals surface area contributed by atoms with Crippen LogP contribution in [-0.4, -0.2) is 16.4 Å². The number of carbonyl (C=O) groups excluding carboxylic acids is 1. The van der Waals surface area contributed by atoms with Gasteiger partial charge in [0.25, 0.3) is 0 Å². The predicted octanol–water partition coefficient (Wildman–Crippen LogP) is 2.77. The van der Waals surface area contributed by atoms with Crippen LogP contribution in [0.1, 0.15) is 57.8 Å². The molecule has 4 rings (SSSR count). The Morgan fingerprint density at radius 1 is 1.05 bits per heavy atom. The Balaban J connectivity index is 1.46. The number of hydrogen-bond acceptors (Lipinski definition) is 2. The van der Waals surface area contributed by atoms with Gasteiger partial charge in [-0.05, 0) is 55.8 Å². The van der Waals surface area contributed by atoms with Gasteiger partial charge in [0, 0.05) is 5.92 Å². The van der Waals surface area contributed by atoms with Gasteiger partial charge in [0.15, 0.2) is 0 Å². The van der Waals surface area contributed by atoms with Gasteiger partial charge in [0.1, 0.15) is 0 Å². The van der Waals surface area contributed by atoms with Gasteiger partial charge in [0.2, 0.25) is 5.91 Å². The molecule has 0 spiro atoms. The van der Waals surface area contributed by atoms with Crippen LogP contribution in [0, 0.1) is 29.6 Å². The standard InChI is InChI=1S/C17H26N2OS/c18-16(21)17(7-3-1-2-4-8-17)19-15(20)14-12-10-5-6-11(9-10)13(12)14/h10-14H,1-9H2,(H2,18,21)(H,19,20). The van der Waals surface area contributed by atoms with Gasteiger partial charge in [-0.15, -0.1) is 0 Å². The number of nitrogens with two attached hydrogens (primary N) is 1. The van der Waals surface area contributed by atoms with Crippen molar-refractivity contribution in [3.63, 3.8) is 0 Å². The average Bonchev–Trinajstić information content (AvgIpc) is 3.02. The van der Waals surface area contributed by atoms with Crippen LogP contribution >= 0.6 is 12.2 Å². The number of nitrogens with one attached hydrogen (secondary N) is 1. The highest BCUT2D eigenvalue weighted by molar-refractivity contribution is 7.80. The largest absolute Gasteiger partial charge is 0.391 e. The Kier molecular flexibility index (Phi) is 3.29. The lowest BCUT2D eigenvalue weighted by Crippen LogP contribution is -2.57. The monoisotopic (exact) mass is 306 g/mol. The maximum Gasteiger partial charge on any atom is 0.224 e. The van der Waals surface area contributed by atoms with E-state index in [2.05, 4.69) is 5.32 Å². The van der Waals surface area contributed by atoms with E-state index in [1.54, 1.807) is 0 Å². The number of thiocarbonyl (C=S) groups is 1. The van der Waals surface area contributed by atoms with Crippen molar-refractivity contribution in [2.75, 3.05) is 0 Å². The molecule has 116 valence electrons. The molecular formula is C17H26N2OS. The minimum absolute atomic E-state index is 0.260. The Labute approximate surface area is 132 Å². The van der Waals surface area contributed by atoms with Gasteiger partial charge in [-0.2, -0.15) is 0 Å². The molecule has 0 aromatic rings. The molecule has 4 heteroatoms. The lowest BCUT2D eigenvalue weighted by molar-refractivity contribution is -0.124. The van der Waals surface area contributed by atoms with Crippen molar-refractivity contribution in [2.24, 2.45) is 35.3 Å². The van der Waals surface area contributed by atoms with E-state index < -0.39 is 5.54 Å². The van der Waals surface area contributed by atoms with E-state index in [0.717, 1.165) is 37.5 Å². The molecule has 0 saturated heterocycles. The summed E-state index contributed by atoms with van der Waals surface area (Å²) >= 11 is 5.34. The number of hydrogen-bond donors (Lipinski definition) is 2. The minimum Gasteiger partial charge on any atom is -0.391 e. The lowest BCUT2D eigenvalue weighted by atomic mass is 9.89. The van der Waals surface area contributed by atoms with Crippen molar-refractivity contribution >= 4 is 23.1 Å². The summed E-state index contributed by atoms with van der Waals surface area (Å²) in [7, 11) is 0. The van der Waals surface area contributed by atoms with E-state index in [0.29, 0.717) is 16.8 Å². The Bertz CT molecular complexity index is 453. The van der Waals surface area contributed by atoms with E-state index in [1.807, 2.05) is 0 Å². The third kappa shape index (κ3) is 2.13. The molecule has 0 aromatic carbocycles. The molecule has 1 amide bonds. The summed E-state index contributed by atoms with van der Waals surface area (Å²) < 4.78 is 0. The van der Waals surface area contributed by atoms with Crippen molar-refractivity contribution in [3.05, 3.63) is 0 Å². The van der Waals surface area contributed by atoms with Gasteiger partial charge >= 0.3 is 0 Å². The third-order valence-corrected chi connectivity index (χ3v) is 7.22. The molecule has 2 bridgehead atoms. The second kappa shape index (κ2) is 4.94. The number of rotatable bonds is 3. The minimum atomic E-state index is -0.390. The van der Waals surface area contributed by atoms with Crippen LogP contribution in [-0.2, 0) is 4.79 Å². The third-order valence-electron chi connectivity index (χ3n) is 6.83. The number of amides is 1. The summed E-state index contributed by atoms with van der Waals surface area (Å²) in [6.45, 7) is 0. The molecular weight excluding hydrogens is 280 g/mol. The lowest BCUT2D eigenvalue weighted by Gasteiger charge is -2.33. The first-order chi connectivity index (χ1) is 10.1. The quantitative estimate of drug-likeness (QED) is 0.623. The molecule has 0 aliphatic heterocycles. The van der Waals surface area contributed by atoms with Crippen LogP contribution in [0.4, 0.5) is 0 Å². The van der Waals surface area contributed by atoms with Gasteiger partial charge in [-0.3, -0.25) is 4.79 Å². The molecule has 0 aromatic heterocycles. The second-order valence-electron chi connectivity index (χ2n) is 7.86.